The summed E-state index contributed by atoms with van der Waals surface area (Å²) in [5.74, 6) is -2.06. The van der Waals surface area contributed by atoms with E-state index in [1.807, 2.05) is 35.0 Å². The fraction of sp³-hybridized carbons (Fsp3) is 0.217. The zero-order chi connectivity index (χ0) is 26.3. The smallest absolute Gasteiger partial charge is 0.352 e. The van der Waals surface area contributed by atoms with Crippen LogP contribution >= 0.6 is 23.1 Å². The lowest BCUT2D eigenvalue weighted by Gasteiger charge is -2.49. The maximum absolute atomic E-state index is 13.1. The molecule has 1 unspecified atom stereocenters. The highest BCUT2D eigenvalue weighted by molar-refractivity contribution is 8.00. The fourth-order valence-corrected chi connectivity index (χ4v) is 6.26. The van der Waals surface area contributed by atoms with E-state index in [4.69, 9.17) is 16.3 Å². The van der Waals surface area contributed by atoms with E-state index >= 15 is 0 Å². The van der Waals surface area contributed by atoms with Gasteiger partial charge in [-0.3, -0.25) is 14.5 Å². The number of rotatable bonds is 7. The minimum Gasteiger partial charge on any atom is -0.477 e. The highest BCUT2D eigenvalue weighted by Crippen LogP contribution is 2.40. The van der Waals surface area contributed by atoms with Gasteiger partial charge in [-0.2, -0.15) is 4.57 Å². The van der Waals surface area contributed by atoms with Gasteiger partial charge in [-0.15, -0.1) is 23.1 Å². The van der Waals surface area contributed by atoms with Crippen molar-refractivity contribution in [2.45, 2.75) is 18.0 Å². The normalized spacial score (nSPS) is 19.4. The molecule has 2 aliphatic heterocycles. The number of carboxylic acid groups (broad SMARTS) is 1. The average Bonchev–Trinajstić information content (AvgIpc) is 3.31. The van der Waals surface area contributed by atoms with Crippen molar-refractivity contribution < 1.29 is 28.9 Å². The molecule has 0 radical (unpaired) electrons. The fourth-order valence-electron chi connectivity index (χ4n) is 4.38. The number of thiazole rings is 1. The number of carboxylic acids is 1. The molecule has 14 heteroatoms. The molecule has 5 rings (SSSR count). The van der Waals surface area contributed by atoms with Crippen LogP contribution in [0.15, 0.2) is 58.3 Å². The standard InChI is InChI=1S/C23H21N7O5S2/c1-35-28-16(14-10-37-23(25)26-14)19(31)27-17-20(32)30-18(22(33)34)11(9-36-21(17)30)8-29-7-3-4-12-13(24)5-2-6-15(12)29/h2-7,10,17,21,24H,8-9H2,1H3,(H4,25,26,27,31,33,34)/p+1/t17?,21-/m0/s1. The van der Waals surface area contributed by atoms with Crippen LogP contribution in [0.3, 0.4) is 0 Å². The summed E-state index contributed by atoms with van der Waals surface area (Å²) >= 11 is 2.51. The van der Waals surface area contributed by atoms with Crippen LogP contribution in [0.4, 0.5) is 10.8 Å². The van der Waals surface area contributed by atoms with E-state index in [-0.39, 0.29) is 28.8 Å². The molecule has 37 heavy (non-hydrogen) atoms. The summed E-state index contributed by atoms with van der Waals surface area (Å²) in [6.07, 6.45) is 1.84. The molecule has 6 N–H and O–H groups in total. The van der Waals surface area contributed by atoms with Gasteiger partial charge in [0.1, 0.15) is 29.9 Å². The summed E-state index contributed by atoms with van der Waals surface area (Å²) in [6.45, 7) is 0.263. The van der Waals surface area contributed by atoms with E-state index in [0.717, 1.165) is 22.2 Å². The first-order valence-electron chi connectivity index (χ1n) is 11.0. The molecule has 0 bridgehead atoms. The third-order valence-corrected chi connectivity index (χ3v) is 8.03. The molecule has 2 amide bonds. The Morgan fingerprint density at radius 1 is 1.32 bits per heavy atom. The van der Waals surface area contributed by atoms with Gasteiger partial charge in [0.2, 0.25) is 5.52 Å². The Labute approximate surface area is 218 Å². The van der Waals surface area contributed by atoms with Crippen LogP contribution in [0.2, 0.25) is 0 Å². The summed E-state index contributed by atoms with van der Waals surface area (Å²) in [6, 6.07) is 8.34. The highest BCUT2D eigenvalue weighted by atomic mass is 32.2. The number of hydrogen-bond acceptors (Lipinski definition) is 10. The van der Waals surface area contributed by atoms with Crippen molar-refractivity contribution in [2.24, 2.45) is 5.16 Å². The Balaban J connectivity index is 1.39. The van der Waals surface area contributed by atoms with Gasteiger partial charge in [0.15, 0.2) is 23.6 Å². The number of benzene rings is 1. The minimum absolute atomic E-state index is 0.0780. The van der Waals surface area contributed by atoms with E-state index in [1.165, 1.54) is 23.8 Å². The molecule has 1 saturated heterocycles. The number of aromatic nitrogens is 2. The van der Waals surface area contributed by atoms with E-state index in [0.29, 0.717) is 17.0 Å². The SMILES string of the molecule is CON=C(C(=O)NC1C(=O)N2C(C(=O)O)=C(C[n+]3cccc4c(N)cccc43)CS[C@@H]12)c1csc(N)n1. The second kappa shape index (κ2) is 9.71. The Hall–Kier alpha value is -4.17. The van der Waals surface area contributed by atoms with E-state index in [9.17, 15) is 19.5 Å². The maximum Gasteiger partial charge on any atom is 0.352 e. The zero-order valence-electron chi connectivity index (χ0n) is 19.5. The van der Waals surface area contributed by atoms with Crippen molar-refractivity contribution in [3.05, 3.63) is 58.9 Å². The van der Waals surface area contributed by atoms with Crippen molar-refractivity contribution in [1.29, 1.82) is 0 Å². The predicted molar refractivity (Wildman–Crippen MR) is 138 cm³/mol. The number of amides is 2. The number of oxime groups is 1. The van der Waals surface area contributed by atoms with Crippen LogP contribution in [-0.4, -0.2) is 62.8 Å². The molecule has 3 aromatic rings. The molecule has 0 spiro atoms. The van der Waals surface area contributed by atoms with Crippen LogP contribution in [0.5, 0.6) is 0 Å². The Kier molecular flexibility index (Phi) is 6.43. The van der Waals surface area contributed by atoms with Gasteiger partial charge in [-0.1, -0.05) is 11.2 Å². The molecule has 1 fully saturated rings. The Bertz CT molecular complexity index is 1500. The molecule has 12 nitrogen and oxygen atoms in total. The Morgan fingerprint density at radius 2 is 2.14 bits per heavy atom. The highest BCUT2D eigenvalue weighted by Gasteiger charge is 2.54. The molecule has 0 saturated carbocycles. The largest absolute Gasteiger partial charge is 0.477 e. The lowest BCUT2D eigenvalue weighted by atomic mass is 10.0. The lowest BCUT2D eigenvalue weighted by Crippen LogP contribution is -2.71. The predicted octanol–water partition coefficient (Wildman–Crippen LogP) is 0.538. The lowest BCUT2D eigenvalue weighted by molar-refractivity contribution is -0.663. The zero-order valence-corrected chi connectivity index (χ0v) is 21.1. The third-order valence-electron chi connectivity index (χ3n) is 6.02. The number of nitrogen functional groups attached to an aromatic ring is 2. The summed E-state index contributed by atoms with van der Waals surface area (Å²) in [7, 11) is 1.28. The van der Waals surface area contributed by atoms with Crippen molar-refractivity contribution in [3.8, 4) is 0 Å². The summed E-state index contributed by atoms with van der Waals surface area (Å²) in [5.41, 5.74) is 13.8. The van der Waals surface area contributed by atoms with Crippen LogP contribution in [0.25, 0.3) is 10.9 Å². The number of aliphatic carboxylic acids is 1. The van der Waals surface area contributed by atoms with Gasteiger partial charge in [-0.25, -0.2) is 9.78 Å². The van der Waals surface area contributed by atoms with Crippen molar-refractivity contribution >= 4 is 68.3 Å². The molecule has 1 aromatic carbocycles. The van der Waals surface area contributed by atoms with Gasteiger partial charge in [0.05, 0.1) is 5.39 Å². The second-order valence-electron chi connectivity index (χ2n) is 8.23. The molecular formula is C23H22N7O5S2+. The molecular weight excluding hydrogens is 518 g/mol. The Morgan fingerprint density at radius 3 is 2.84 bits per heavy atom. The number of β-lactam (4-membered cyclic amide) rings is 1. The number of anilines is 2. The summed E-state index contributed by atoms with van der Waals surface area (Å²) in [4.78, 5) is 48.3. The van der Waals surface area contributed by atoms with Crippen molar-refractivity contribution in [3.63, 3.8) is 0 Å². The topological polar surface area (TPSA) is 177 Å². The van der Waals surface area contributed by atoms with Gasteiger partial charge < -0.3 is 26.7 Å². The maximum atomic E-state index is 13.1. The average molecular weight is 541 g/mol. The number of nitrogens with one attached hydrogen (secondary N) is 1. The quantitative estimate of drug-likeness (QED) is 0.109. The molecule has 4 heterocycles. The monoisotopic (exact) mass is 540 g/mol. The first-order chi connectivity index (χ1) is 17.8. The van der Waals surface area contributed by atoms with Gasteiger partial charge in [0.25, 0.3) is 11.8 Å². The van der Waals surface area contributed by atoms with Crippen molar-refractivity contribution in [2.75, 3.05) is 24.3 Å². The molecule has 0 aliphatic carbocycles. The van der Waals surface area contributed by atoms with E-state index < -0.39 is 29.2 Å². The summed E-state index contributed by atoms with van der Waals surface area (Å²) in [5, 5.41) is 18.5. The van der Waals surface area contributed by atoms with Gasteiger partial charge in [-0.05, 0) is 12.1 Å². The first kappa shape index (κ1) is 24.5. The second-order valence-corrected chi connectivity index (χ2v) is 10.2. The molecule has 2 aliphatic rings. The number of fused-ring (bicyclic) bond motifs is 2. The van der Waals surface area contributed by atoms with Gasteiger partial charge >= 0.3 is 5.97 Å². The number of carbonyl (C=O) groups is 3. The van der Waals surface area contributed by atoms with Crippen LogP contribution in [0.1, 0.15) is 5.69 Å². The number of nitrogens with two attached hydrogens (primary N) is 2. The number of nitrogens with zero attached hydrogens (tertiary/aromatic N) is 4. The van der Waals surface area contributed by atoms with Crippen LogP contribution < -0.4 is 21.4 Å². The minimum atomic E-state index is -1.21. The molecule has 2 atom stereocenters. The number of pyridine rings is 1. The molecule has 2 aromatic heterocycles. The first-order valence-corrected chi connectivity index (χ1v) is 12.9. The number of hydrogen-bond donors (Lipinski definition) is 4. The third kappa shape index (κ3) is 4.34. The van der Waals surface area contributed by atoms with Gasteiger partial charge in [0, 0.05) is 34.5 Å². The van der Waals surface area contributed by atoms with E-state index in [2.05, 4.69) is 15.5 Å². The van der Waals surface area contributed by atoms with Crippen LogP contribution in [0, 0.1) is 0 Å². The van der Waals surface area contributed by atoms with Crippen LogP contribution in [-0.2, 0) is 25.8 Å². The number of carbonyl (C=O) groups excluding carboxylic acids is 2. The summed E-state index contributed by atoms with van der Waals surface area (Å²) < 4.78 is 1.90. The number of thioether (sulfide) groups is 1. The van der Waals surface area contributed by atoms with Crippen molar-refractivity contribution in [1.82, 2.24) is 15.2 Å². The molecule has 190 valence electrons. The van der Waals surface area contributed by atoms with E-state index in [1.54, 1.807) is 11.4 Å².